The normalized spacial score (nSPS) is 33.2. The number of hydrogen-bond donors (Lipinski definition) is 0. The van der Waals surface area contributed by atoms with Crippen LogP contribution in [0.15, 0.2) is 30.3 Å². The third kappa shape index (κ3) is 1.35. The van der Waals surface area contributed by atoms with Gasteiger partial charge in [0.25, 0.3) is 0 Å². The molecule has 1 amide bonds. The minimum absolute atomic E-state index is 0.153. The highest BCUT2D eigenvalue weighted by Crippen LogP contribution is 2.39. The Hall–Kier alpha value is -1.35. The van der Waals surface area contributed by atoms with Gasteiger partial charge in [-0.15, -0.1) is 0 Å². The average molecular weight is 217 g/mol. The molecule has 16 heavy (non-hydrogen) atoms. The van der Waals surface area contributed by atoms with Crippen LogP contribution in [0.1, 0.15) is 25.1 Å². The third-order valence-corrected chi connectivity index (χ3v) is 3.48. The minimum Gasteiger partial charge on any atom is -0.352 e. The largest absolute Gasteiger partial charge is 0.352 e. The fourth-order valence-corrected chi connectivity index (χ4v) is 2.67. The molecule has 2 aliphatic heterocycles. The van der Waals surface area contributed by atoms with Crippen LogP contribution in [0.4, 0.5) is 0 Å². The van der Waals surface area contributed by atoms with Crippen LogP contribution in [-0.2, 0) is 9.53 Å². The fourth-order valence-electron chi connectivity index (χ4n) is 2.67. The highest BCUT2D eigenvalue weighted by atomic mass is 16.5. The first-order valence-electron chi connectivity index (χ1n) is 5.76. The third-order valence-electron chi connectivity index (χ3n) is 3.48. The van der Waals surface area contributed by atoms with Crippen LogP contribution in [0.3, 0.4) is 0 Å². The summed E-state index contributed by atoms with van der Waals surface area (Å²) in [6, 6.07) is 10.3. The summed E-state index contributed by atoms with van der Waals surface area (Å²) in [6.45, 7) is 2.68. The number of hydrogen-bond acceptors (Lipinski definition) is 2. The van der Waals surface area contributed by atoms with Gasteiger partial charge in [0.05, 0.1) is 12.6 Å². The summed E-state index contributed by atoms with van der Waals surface area (Å²) in [4.78, 5) is 13.9. The molecule has 3 atom stereocenters. The molecule has 0 radical (unpaired) electrons. The molecular weight excluding hydrogens is 202 g/mol. The van der Waals surface area contributed by atoms with Crippen molar-refractivity contribution in [3.8, 4) is 0 Å². The SMILES string of the molecule is C[C@H]1C[C@H]2COC(c3ccccc3)N2C1=O. The molecule has 1 aromatic carbocycles. The van der Waals surface area contributed by atoms with Crippen molar-refractivity contribution in [2.45, 2.75) is 25.6 Å². The molecule has 2 fully saturated rings. The zero-order valence-electron chi connectivity index (χ0n) is 9.30. The standard InChI is InChI=1S/C13H15NO2/c1-9-7-11-8-16-13(14(11)12(9)15)10-5-3-2-4-6-10/h2-6,9,11,13H,7-8H2,1H3/t9-,11-,13?/m0/s1. The zero-order valence-corrected chi connectivity index (χ0v) is 9.30. The number of benzene rings is 1. The molecule has 2 aliphatic rings. The Morgan fingerprint density at radius 3 is 2.81 bits per heavy atom. The van der Waals surface area contributed by atoms with Crippen LogP contribution in [0, 0.1) is 5.92 Å². The van der Waals surface area contributed by atoms with Crippen molar-refractivity contribution in [1.29, 1.82) is 0 Å². The van der Waals surface area contributed by atoms with Gasteiger partial charge in [-0.3, -0.25) is 4.79 Å². The summed E-state index contributed by atoms with van der Waals surface area (Å²) >= 11 is 0. The van der Waals surface area contributed by atoms with E-state index in [-0.39, 0.29) is 24.1 Å². The van der Waals surface area contributed by atoms with Gasteiger partial charge in [-0.25, -0.2) is 0 Å². The zero-order chi connectivity index (χ0) is 11.1. The Morgan fingerprint density at radius 2 is 2.06 bits per heavy atom. The number of rotatable bonds is 1. The van der Waals surface area contributed by atoms with Crippen LogP contribution in [0.25, 0.3) is 0 Å². The minimum atomic E-state index is -0.163. The van der Waals surface area contributed by atoms with E-state index in [0.29, 0.717) is 6.61 Å². The number of amides is 1. The summed E-state index contributed by atoms with van der Waals surface area (Å²) in [5.74, 6) is 0.386. The molecule has 84 valence electrons. The number of fused-ring (bicyclic) bond motifs is 1. The molecule has 0 aliphatic carbocycles. The van der Waals surface area contributed by atoms with E-state index >= 15 is 0 Å². The number of ether oxygens (including phenoxy) is 1. The highest BCUT2D eigenvalue weighted by molar-refractivity contribution is 5.81. The van der Waals surface area contributed by atoms with Gasteiger partial charge in [0, 0.05) is 11.5 Å². The van der Waals surface area contributed by atoms with E-state index in [2.05, 4.69) is 0 Å². The second kappa shape index (κ2) is 3.59. The second-order valence-electron chi connectivity index (χ2n) is 4.63. The molecule has 1 unspecified atom stereocenters. The van der Waals surface area contributed by atoms with E-state index in [9.17, 15) is 4.79 Å². The maximum absolute atomic E-state index is 12.0. The molecular formula is C13H15NO2. The predicted octanol–water partition coefficient (Wildman–Crippen LogP) is 1.95. The van der Waals surface area contributed by atoms with Crippen molar-refractivity contribution < 1.29 is 9.53 Å². The molecule has 3 nitrogen and oxygen atoms in total. The lowest BCUT2D eigenvalue weighted by atomic mass is 10.1. The summed E-state index contributed by atoms with van der Waals surface area (Å²) in [5.41, 5.74) is 1.08. The van der Waals surface area contributed by atoms with Crippen LogP contribution in [-0.4, -0.2) is 23.5 Å². The topological polar surface area (TPSA) is 29.5 Å². The Kier molecular flexibility index (Phi) is 2.21. The van der Waals surface area contributed by atoms with E-state index in [1.165, 1.54) is 0 Å². The van der Waals surface area contributed by atoms with E-state index in [0.717, 1.165) is 12.0 Å². The molecule has 2 saturated heterocycles. The van der Waals surface area contributed by atoms with Crippen molar-refractivity contribution in [2.75, 3.05) is 6.61 Å². The van der Waals surface area contributed by atoms with Crippen LogP contribution in [0.2, 0.25) is 0 Å². The summed E-state index contributed by atoms with van der Waals surface area (Å²) in [5, 5.41) is 0. The van der Waals surface area contributed by atoms with Gasteiger partial charge >= 0.3 is 0 Å². The molecule has 0 spiro atoms. The summed E-state index contributed by atoms with van der Waals surface area (Å²) < 4.78 is 5.73. The van der Waals surface area contributed by atoms with Gasteiger partial charge in [0.2, 0.25) is 5.91 Å². The molecule has 0 aromatic heterocycles. The van der Waals surface area contributed by atoms with E-state index in [4.69, 9.17) is 4.74 Å². The lowest BCUT2D eigenvalue weighted by molar-refractivity contribution is -0.136. The Labute approximate surface area is 95.0 Å². The molecule has 0 saturated carbocycles. The molecule has 1 aromatic rings. The van der Waals surface area contributed by atoms with Gasteiger partial charge in [-0.05, 0) is 6.42 Å². The van der Waals surface area contributed by atoms with Crippen molar-refractivity contribution in [1.82, 2.24) is 4.90 Å². The Morgan fingerprint density at radius 1 is 1.31 bits per heavy atom. The molecule has 0 N–H and O–H groups in total. The van der Waals surface area contributed by atoms with Crippen LogP contribution < -0.4 is 0 Å². The number of nitrogens with zero attached hydrogens (tertiary/aromatic N) is 1. The molecule has 3 rings (SSSR count). The van der Waals surface area contributed by atoms with E-state index in [1.807, 2.05) is 42.2 Å². The van der Waals surface area contributed by atoms with E-state index in [1.54, 1.807) is 0 Å². The van der Waals surface area contributed by atoms with Gasteiger partial charge < -0.3 is 9.64 Å². The van der Waals surface area contributed by atoms with Crippen molar-refractivity contribution in [3.63, 3.8) is 0 Å². The maximum atomic E-state index is 12.0. The first-order valence-corrected chi connectivity index (χ1v) is 5.76. The van der Waals surface area contributed by atoms with Gasteiger partial charge in [-0.2, -0.15) is 0 Å². The predicted molar refractivity (Wildman–Crippen MR) is 59.6 cm³/mol. The van der Waals surface area contributed by atoms with Crippen molar-refractivity contribution in [2.24, 2.45) is 5.92 Å². The van der Waals surface area contributed by atoms with Gasteiger partial charge in [0.15, 0.2) is 6.23 Å². The average Bonchev–Trinajstić information content (AvgIpc) is 2.83. The first kappa shape index (κ1) is 9.85. The smallest absolute Gasteiger partial charge is 0.228 e. The maximum Gasteiger partial charge on any atom is 0.228 e. The molecule has 3 heteroatoms. The Balaban J connectivity index is 1.91. The summed E-state index contributed by atoms with van der Waals surface area (Å²) in [7, 11) is 0. The molecule has 0 bridgehead atoms. The second-order valence-corrected chi connectivity index (χ2v) is 4.63. The van der Waals surface area contributed by atoms with Crippen LogP contribution in [0.5, 0.6) is 0 Å². The highest BCUT2D eigenvalue weighted by Gasteiger charge is 2.46. The van der Waals surface area contributed by atoms with Gasteiger partial charge in [0.1, 0.15) is 0 Å². The van der Waals surface area contributed by atoms with E-state index < -0.39 is 0 Å². The van der Waals surface area contributed by atoms with Crippen molar-refractivity contribution >= 4 is 5.91 Å². The van der Waals surface area contributed by atoms with Gasteiger partial charge in [-0.1, -0.05) is 37.3 Å². The first-order chi connectivity index (χ1) is 7.77. The van der Waals surface area contributed by atoms with Crippen molar-refractivity contribution in [3.05, 3.63) is 35.9 Å². The lowest BCUT2D eigenvalue weighted by Gasteiger charge is -2.22. The quantitative estimate of drug-likeness (QED) is 0.719. The molecule has 2 heterocycles. The Bertz CT molecular complexity index is 404. The monoisotopic (exact) mass is 217 g/mol. The van der Waals surface area contributed by atoms with Crippen LogP contribution >= 0.6 is 0 Å². The number of carbonyl (C=O) groups is 1. The number of carbonyl (C=O) groups excluding carboxylic acids is 1. The lowest BCUT2D eigenvalue weighted by Crippen LogP contribution is -2.31. The fraction of sp³-hybridized carbons (Fsp3) is 0.462. The summed E-state index contributed by atoms with van der Waals surface area (Å²) in [6.07, 6.45) is 0.769.